The number of anilines is 1. The predicted molar refractivity (Wildman–Crippen MR) is 47.8 cm³/mol. The molecule has 2 rings (SSSR count). The van der Waals surface area contributed by atoms with E-state index in [0.717, 1.165) is 12.2 Å². The Morgan fingerprint density at radius 3 is 3.08 bits per heavy atom. The van der Waals surface area contributed by atoms with Crippen molar-refractivity contribution in [1.29, 1.82) is 0 Å². The first-order chi connectivity index (χ1) is 6.31. The average Bonchev–Trinajstić information content (AvgIpc) is 2.71. The number of aryl methyl sites for hydroxylation is 1. The molecule has 0 saturated carbocycles. The first kappa shape index (κ1) is 7.85. The van der Waals surface area contributed by atoms with Crippen LogP contribution in [0.25, 0.3) is 11.5 Å². The summed E-state index contributed by atoms with van der Waals surface area (Å²) in [6, 6.07) is 2.04. The Bertz CT molecular complexity index is 404. The van der Waals surface area contributed by atoms with Gasteiger partial charge in [0.1, 0.15) is 5.69 Å². The molecule has 0 aromatic carbocycles. The van der Waals surface area contributed by atoms with Gasteiger partial charge in [0.05, 0.1) is 6.20 Å². The van der Waals surface area contributed by atoms with Crippen LogP contribution < -0.4 is 5.73 Å². The van der Waals surface area contributed by atoms with E-state index in [9.17, 15) is 0 Å². The molecule has 13 heavy (non-hydrogen) atoms. The molecule has 5 heteroatoms. The number of nitrogens with two attached hydrogens (primary N) is 1. The Kier molecular flexibility index (Phi) is 1.77. The van der Waals surface area contributed by atoms with Crippen LogP contribution in [0.4, 0.5) is 6.01 Å². The highest BCUT2D eigenvalue weighted by Gasteiger charge is 2.08. The summed E-state index contributed by atoms with van der Waals surface area (Å²) in [6.45, 7) is 2.80. The molecule has 0 aliphatic heterocycles. The number of hydrogen-bond acceptors (Lipinski definition) is 4. The second-order valence-electron chi connectivity index (χ2n) is 2.59. The molecule has 2 aromatic heterocycles. The fourth-order valence-corrected chi connectivity index (χ4v) is 1.20. The van der Waals surface area contributed by atoms with Crippen molar-refractivity contribution in [2.24, 2.45) is 0 Å². The number of nitrogen functional groups attached to an aromatic ring is 1. The summed E-state index contributed by atoms with van der Waals surface area (Å²) < 4.78 is 7.00. The molecule has 0 spiro atoms. The lowest BCUT2D eigenvalue weighted by atomic mass is 10.3. The van der Waals surface area contributed by atoms with Crippen molar-refractivity contribution >= 4 is 6.01 Å². The average molecular weight is 178 g/mol. The second-order valence-corrected chi connectivity index (χ2v) is 2.59. The molecule has 0 atom stereocenters. The summed E-state index contributed by atoms with van der Waals surface area (Å²) in [6.07, 6.45) is 3.32. The minimum Gasteiger partial charge on any atom is -0.422 e. The lowest BCUT2D eigenvalue weighted by Gasteiger charge is -1.99. The summed E-state index contributed by atoms with van der Waals surface area (Å²) in [7, 11) is 0. The maximum absolute atomic E-state index is 5.37. The molecule has 0 bridgehead atoms. The third-order valence-electron chi connectivity index (χ3n) is 1.79. The van der Waals surface area contributed by atoms with E-state index >= 15 is 0 Å². The number of aromatic nitrogens is 3. The van der Waals surface area contributed by atoms with Crippen molar-refractivity contribution in [3.63, 3.8) is 0 Å². The van der Waals surface area contributed by atoms with Gasteiger partial charge >= 0.3 is 0 Å². The number of oxazole rings is 1. The summed E-state index contributed by atoms with van der Waals surface area (Å²) in [5.74, 6) is 0.650. The molecular formula is C8H10N4O. The largest absolute Gasteiger partial charge is 0.422 e. The number of rotatable bonds is 2. The van der Waals surface area contributed by atoms with E-state index in [-0.39, 0.29) is 6.01 Å². The van der Waals surface area contributed by atoms with Crippen LogP contribution in [0.5, 0.6) is 0 Å². The third kappa shape index (κ3) is 1.28. The van der Waals surface area contributed by atoms with Crippen LogP contribution in [0.1, 0.15) is 6.92 Å². The zero-order chi connectivity index (χ0) is 9.26. The third-order valence-corrected chi connectivity index (χ3v) is 1.79. The zero-order valence-corrected chi connectivity index (χ0v) is 7.27. The molecule has 0 unspecified atom stereocenters. The highest BCUT2D eigenvalue weighted by Crippen LogP contribution is 2.20. The Labute approximate surface area is 75.2 Å². The fraction of sp³-hybridized carbons (Fsp3) is 0.250. The van der Waals surface area contributed by atoms with Gasteiger partial charge in [0.25, 0.3) is 6.01 Å². The quantitative estimate of drug-likeness (QED) is 0.748. The van der Waals surface area contributed by atoms with Gasteiger partial charge in [-0.15, -0.1) is 0 Å². The summed E-state index contributed by atoms with van der Waals surface area (Å²) >= 11 is 0. The molecule has 2 heterocycles. The van der Waals surface area contributed by atoms with Crippen molar-refractivity contribution in [3.8, 4) is 11.5 Å². The van der Waals surface area contributed by atoms with E-state index in [1.165, 1.54) is 0 Å². The Balaban J connectivity index is 2.45. The van der Waals surface area contributed by atoms with Crippen molar-refractivity contribution in [2.75, 3.05) is 5.73 Å². The lowest BCUT2D eigenvalue weighted by Crippen LogP contribution is -1.97. The van der Waals surface area contributed by atoms with Crippen LogP contribution in [0.15, 0.2) is 22.9 Å². The highest BCUT2D eigenvalue weighted by molar-refractivity contribution is 5.51. The molecule has 2 aromatic rings. The number of nitrogens with zero attached hydrogens (tertiary/aromatic N) is 3. The fourth-order valence-electron chi connectivity index (χ4n) is 1.20. The first-order valence-corrected chi connectivity index (χ1v) is 4.04. The van der Waals surface area contributed by atoms with Gasteiger partial charge in [-0.3, -0.25) is 4.68 Å². The van der Waals surface area contributed by atoms with Gasteiger partial charge in [0, 0.05) is 12.7 Å². The molecule has 0 amide bonds. The van der Waals surface area contributed by atoms with Crippen LogP contribution in [0.2, 0.25) is 0 Å². The van der Waals surface area contributed by atoms with E-state index in [1.54, 1.807) is 12.4 Å². The van der Waals surface area contributed by atoms with Crippen molar-refractivity contribution in [3.05, 3.63) is 18.5 Å². The predicted octanol–water partition coefficient (Wildman–Crippen LogP) is 1.14. The van der Waals surface area contributed by atoms with Gasteiger partial charge in [-0.05, 0) is 13.0 Å². The van der Waals surface area contributed by atoms with E-state index in [2.05, 4.69) is 10.1 Å². The topological polar surface area (TPSA) is 69.9 Å². The van der Waals surface area contributed by atoms with Gasteiger partial charge in [-0.1, -0.05) is 0 Å². The van der Waals surface area contributed by atoms with Gasteiger partial charge in [-0.2, -0.15) is 5.10 Å². The molecule has 0 aliphatic rings. The smallest absolute Gasteiger partial charge is 0.292 e. The van der Waals surface area contributed by atoms with Crippen LogP contribution in [0, 0.1) is 0 Å². The molecular weight excluding hydrogens is 168 g/mol. The molecule has 68 valence electrons. The Hall–Kier alpha value is -1.78. The van der Waals surface area contributed by atoms with Crippen molar-refractivity contribution in [2.45, 2.75) is 13.5 Å². The Morgan fingerprint density at radius 2 is 2.46 bits per heavy atom. The highest BCUT2D eigenvalue weighted by atomic mass is 16.4. The van der Waals surface area contributed by atoms with Gasteiger partial charge < -0.3 is 10.2 Å². The normalized spacial score (nSPS) is 10.5. The first-order valence-electron chi connectivity index (χ1n) is 4.04. The maximum atomic E-state index is 5.37. The van der Waals surface area contributed by atoms with Gasteiger partial charge in [0.2, 0.25) is 0 Å². The maximum Gasteiger partial charge on any atom is 0.292 e. The van der Waals surface area contributed by atoms with Crippen LogP contribution in [-0.4, -0.2) is 14.8 Å². The molecule has 0 radical (unpaired) electrons. The van der Waals surface area contributed by atoms with E-state index in [1.807, 2.05) is 17.7 Å². The summed E-state index contributed by atoms with van der Waals surface area (Å²) in [5.41, 5.74) is 6.26. The van der Waals surface area contributed by atoms with Gasteiger partial charge in [0.15, 0.2) is 5.76 Å². The molecule has 0 saturated heterocycles. The zero-order valence-electron chi connectivity index (χ0n) is 7.27. The minimum absolute atomic E-state index is 0.179. The lowest BCUT2D eigenvalue weighted by molar-refractivity contribution is 0.576. The molecule has 2 N–H and O–H groups in total. The van der Waals surface area contributed by atoms with Crippen molar-refractivity contribution in [1.82, 2.24) is 14.8 Å². The van der Waals surface area contributed by atoms with Crippen LogP contribution in [-0.2, 0) is 6.54 Å². The molecule has 5 nitrogen and oxygen atoms in total. The SMILES string of the molecule is CCn1nccc1-c1cnc(N)o1. The van der Waals surface area contributed by atoms with Crippen LogP contribution in [0.3, 0.4) is 0 Å². The van der Waals surface area contributed by atoms with Gasteiger partial charge in [-0.25, -0.2) is 4.98 Å². The van der Waals surface area contributed by atoms with Crippen LogP contribution >= 0.6 is 0 Å². The second kappa shape index (κ2) is 2.93. The van der Waals surface area contributed by atoms with E-state index < -0.39 is 0 Å². The van der Waals surface area contributed by atoms with E-state index in [4.69, 9.17) is 10.2 Å². The summed E-state index contributed by atoms with van der Waals surface area (Å²) in [4.78, 5) is 3.82. The summed E-state index contributed by atoms with van der Waals surface area (Å²) in [5, 5.41) is 4.11. The number of hydrogen-bond donors (Lipinski definition) is 1. The monoisotopic (exact) mass is 178 g/mol. The van der Waals surface area contributed by atoms with Crippen molar-refractivity contribution < 1.29 is 4.42 Å². The molecule has 0 fully saturated rings. The van der Waals surface area contributed by atoms with E-state index in [0.29, 0.717) is 5.76 Å². The Morgan fingerprint density at radius 1 is 1.62 bits per heavy atom. The minimum atomic E-state index is 0.179. The molecule has 0 aliphatic carbocycles. The standard InChI is InChI=1S/C8H10N4O/c1-2-12-6(3-4-11-12)7-5-10-8(9)13-7/h3-5H,2H2,1H3,(H2,9,10).